The third-order valence-corrected chi connectivity index (χ3v) is 4.30. The topological polar surface area (TPSA) is 89.3 Å². The molecule has 0 aliphatic rings. The van der Waals surface area contributed by atoms with Gasteiger partial charge in [0.15, 0.2) is 0 Å². The maximum absolute atomic E-state index is 12.5. The number of hydrogen-bond acceptors (Lipinski definition) is 6. The first-order valence-electron chi connectivity index (χ1n) is 8.77. The number of nitrogens with zero attached hydrogens (tertiary/aromatic N) is 2. The summed E-state index contributed by atoms with van der Waals surface area (Å²) >= 11 is 0. The van der Waals surface area contributed by atoms with Crippen LogP contribution in [0.25, 0.3) is 10.9 Å². The Morgan fingerprint density at radius 3 is 2.43 bits per heavy atom. The molecule has 0 atom stereocenters. The Labute approximate surface area is 162 Å². The van der Waals surface area contributed by atoms with Crippen LogP contribution in [-0.2, 0) is 16.1 Å². The summed E-state index contributed by atoms with van der Waals surface area (Å²) in [5.41, 5.74) is 2.86. The van der Waals surface area contributed by atoms with Gasteiger partial charge in [-0.05, 0) is 49.7 Å². The molecular formula is C22H18N2O4. The van der Waals surface area contributed by atoms with Crippen LogP contribution in [0.3, 0.4) is 0 Å². The maximum Gasteiger partial charge on any atom is 0.340 e. The number of nitriles is 1. The molecule has 0 fully saturated rings. The van der Waals surface area contributed by atoms with E-state index < -0.39 is 11.9 Å². The van der Waals surface area contributed by atoms with Gasteiger partial charge in [0.1, 0.15) is 6.61 Å². The lowest BCUT2D eigenvalue weighted by Gasteiger charge is -2.14. The van der Waals surface area contributed by atoms with E-state index in [-0.39, 0.29) is 13.2 Å². The summed E-state index contributed by atoms with van der Waals surface area (Å²) in [6, 6.07) is 15.6. The number of rotatable bonds is 5. The molecule has 28 heavy (non-hydrogen) atoms. The van der Waals surface area contributed by atoms with Gasteiger partial charge in [-0.2, -0.15) is 5.26 Å². The number of pyridine rings is 1. The lowest BCUT2D eigenvalue weighted by Crippen LogP contribution is -2.15. The minimum absolute atomic E-state index is 0.168. The first-order valence-corrected chi connectivity index (χ1v) is 8.77. The fourth-order valence-electron chi connectivity index (χ4n) is 2.92. The summed E-state index contributed by atoms with van der Waals surface area (Å²) in [6.07, 6.45) is 0. The molecule has 0 saturated carbocycles. The van der Waals surface area contributed by atoms with Crippen molar-refractivity contribution >= 4 is 22.8 Å². The van der Waals surface area contributed by atoms with Crippen molar-refractivity contribution in [3.63, 3.8) is 0 Å². The Balaban J connectivity index is 1.92. The van der Waals surface area contributed by atoms with Crippen LogP contribution < -0.4 is 0 Å². The van der Waals surface area contributed by atoms with Gasteiger partial charge < -0.3 is 9.47 Å². The summed E-state index contributed by atoms with van der Waals surface area (Å²) in [6.45, 7) is 3.61. The Hall–Kier alpha value is -3.72. The van der Waals surface area contributed by atoms with Gasteiger partial charge >= 0.3 is 11.9 Å². The fourth-order valence-corrected chi connectivity index (χ4v) is 2.92. The molecule has 3 aromatic rings. The molecule has 1 heterocycles. The van der Waals surface area contributed by atoms with Crippen molar-refractivity contribution in [3.8, 4) is 6.07 Å². The van der Waals surface area contributed by atoms with E-state index in [4.69, 9.17) is 14.7 Å². The van der Waals surface area contributed by atoms with Gasteiger partial charge in [-0.25, -0.2) is 14.6 Å². The van der Waals surface area contributed by atoms with Gasteiger partial charge in [0.05, 0.1) is 40.6 Å². The van der Waals surface area contributed by atoms with E-state index in [9.17, 15) is 9.59 Å². The minimum atomic E-state index is -0.563. The predicted octanol–water partition coefficient (Wildman–Crippen LogP) is 3.95. The molecule has 0 bridgehead atoms. The summed E-state index contributed by atoms with van der Waals surface area (Å²) in [5.74, 6) is -1.06. The molecule has 0 unspecified atom stereocenters. The van der Waals surface area contributed by atoms with Crippen molar-refractivity contribution in [1.29, 1.82) is 5.26 Å². The molecule has 6 heteroatoms. The van der Waals surface area contributed by atoms with Crippen LogP contribution in [0, 0.1) is 18.3 Å². The van der Waals surface area contributed by atoms with E-state index in [1.807, 2.05) is 37.3 Å². The van der Waals surface area contributed by atoms with E-state index in [2.05, 4.69) is 4.98 Å². The highest BCUT2D eigenvalue weighted by atomic mass is 16.5. The van der Waals surface area contributed by atoms with Crippen LogP contribution in [-0.4, -0.2) is 23.5 Å². The molecule has 0 spiro atoms. The highest BCUT2D eigenvalue weighted by Gasteiger charge is 2.21. The zero-order chi connectivity index (χ0) is 20.1. The first-order chi connectivity index (χ1) is 13.5. The van der Waals surface area contributed by atoms with Crippen LogP contribution in [0.5, 0.6) is 0 Å². The molecule has 0 saturated heterocycles. The number of benzene rings is 2. The van der Waals surface area contributed by atoms with Crippen molar-refractivity contribution in [2.24, 2.45) is 0 Å². The Morgan fingerprint density at radius 1 is 1.04 bits per heavy atom. The maximum atomic E-state index is 12.5. The first kappa shape index (κ1) is 19.1. The second kappa shape index (κ2) is 8.31. The number of para-hydroxylation sites is 1. The van der Waals surface area contributed by atoms with Gasteiger partial charge in [0, 0.05) is 5.39 Å². The van der Waals surface area contributed by atoms with Gasteiger partial charge in [0.25, 0.3) is 0 Å². The van der Waals surface area contributed by atoms with Crippen molar-refractivity contribution in [3.05, 3.63) is 76.5 Å². The van der Waals surface area contributed by atoms with E-state index in [1.165, 1.54) is 12.1 Å². The summed E-state index contributed by atoms with van der Waals surface area (Å²) in [4.78, 5) is 29.3. The lowest BCUT2D eigenvalue weighted by molar-refractivity contribution is 0.0444. The third-order valence-electron chi connectivity index (χ3n) is 4.30. The fraction of sp³-hybridized carbons (Fsp3) is 0.182. The Morgan fingerprint density at radius 2 is 1.75 bits per heavy atom. The molecule has 0 aliphatic carbocycles. The largest absolute Gasteiger partial charge is 0.462 e. The average Bonchev–Trinajstić information content (AvgIpc) is 2.72. The molecule has 140 valence electrons. The van der Waals surface area contributed by atoms with Gasteiger partial charge in [-0.15, -0.1) is 0 Å². The summed E-state index contributed by atoms with van der Waals surface area (Å²) in [5, 5.41) is 9.68. The predicted molar refractivity (Wildman–Crippen MR) is 103 cm³/mol. The number of carbonyl (C=O) groups excluding carboxylic acids is 2. The number of hydrogen-bond donors (Lipinski definition) is 0. The monoisotopic (exact) mass is 374 g/mol. The Kier molecular flexibility index (Phi) is 5.66. The zero-order valence-corrected chi connectivity index (χ0v) is 15.6. The van der Waals surface area contributed by atoms with E-state index in [0.29, 0.717) is 27.9 Å². The molecule has 0 amide bonds. The molecule has 2 aromatic carbocycles. The van der Waals surface area contributed by atoms with E-state index in [0.717, 1.165) is 10.9 Å². The van der Waals surface area contributed by atoms with Gasteiger partial charge in [-0.3, -0.25) is 0 Å². The quantitative estimate of drug-likeness (QED) is 0.628. The molecule has 3 rings (SSSR count). The normalized spacial score (nSPS) is 10.3. The van der Waals surface area contributed by atoms with Crippen molar-refractivity contribution in [2.75, 3.05) is 6.61 Å². The highest BCUT2D eigenvalue weighted by molar-refractivity contribution is 5.98. The number of carbonyl (C=O) groups is 2. The Bertz CT molecular complexity index is 1080. The SMILES string of the molecule is CCOC(=O)c1c(COC(=O)c2ccc(C#N)cc2)nc2ccccc2c1C. The standard InChI is InChI=1S/C22H18N2O4/c1-3-27-22(26)20-14(2)17-6-4-5-7-18(17)24-19(20)13-28-21(25)16-10-8-15(12-23)9-11-16/h4-11H,3,13H2,1-2H3. The van der Waals surface area contributed by atoms with E-state index >= 15 is 0 Å². The molecule has 0 aliphatic heterocycles. The molecule has 6 nitrogen and oxygen atoms in total. The van der Waals surface area contributed by atoms with Gasteiger partial charge in [0.2, 0.25) is 0 Å². The lowest BCUT2D eigenvalue weighted by atomic mass is 10.0. The van der Waals surface area contributed by atoms with E-state index in [1.54, 1.807) is 19.1 Å². The third kappa shape index (κ3) is 3.84. The molecule has 0 N–H and O–H groups in total. The van der Waals surface area contributed by atoms with Crippen LogP contribution in [0.1, 0.15) is 44.5 Å². The zero-order valence-electron chi connectivity index (χ0n) is 15.6. The summed E-state index contributed by atoms with van der Waals surface area (Å²) in [7, 11) is 0. The number of ether oxygens (including phenoxy) is 2. The number of aromatic nitrogens is 1. The van der Waals surface area contributed by atoms with Crippen molar-refractivity contribution < 1.29 is 19.1 Å². The second-order valence-corrected chi connectivity index (χ2v) is 6.06. The average molecular weight is 374 g/mol. The molecule has 0 radical (unpaired) electrons. The van der Waals surface area contributed by atoms with Gasteiger partial charge in [-0.1, -0.05) is 18.2 Å². The summed E-state index contributed by atoms with van der Waals surface area (Å²) < 4.78 is 10.5. The second-order valence-electron chi connectivity index (χ2n) is 6.06. The van der Waals surface area contributed by atoms with Crippen LogP contribution in [0.2, 0.25) is 0 Å². The number of esters is 2. The smallest absolute Gasteiger partial charge is 0.340 e. The highest BCUT2D eigenvalue weighted by Crippen LogP contribution is 2.24. The van der Waals surface area contributed by atoms with Crippen LogP contribution >= 0.6 is 0 Å². The molecule has 1 aromatic heterocycles. The number of fused-ring (bicyclic) bond motifs is 1. The van der Waals surface area contributed by atoms with Crippen LogP contribution in [0.15, 0.2) is 48.5 Å². The molecular weight excluding hydrogens is 356 g/mol. The number of aryl methyl sites for hydroxylation is 1. The van der Waals surface area contributed by atoms with Crippen molar-refractivity contribution in [2.45, 2.75) is 20.5 Å². The van der Waals surface area contributed by atoms with Crippen LogP contribution in [0.4, 0.5) is 0 Å². The van der Waals surface area contributed by atoms with Crippen molar-refractivity contribution in [1.82, 2.24) is 4.98 Å². The minimum Gasteiger partial charge on any atom is -0.462 e.